The van der Waals surface area contributed by atoms with Gasteiger partial charge >= 0.3 is 0 Å². The highest BCUT2D eigenvalue weighted by Gasteiger charge is 2.19. The SMILES string of the molecule is CCCCCCCCCCCCCCCCCCCCCCCC(CCCC)N1CCCCC1. The molecule has 1 unspecified atom stereocenters. The van der Waals surface area contributed by atoms with E-state index in [9.17, 15) is 0 Å². The first-order valence-corrected chi connectivity index (χ1v) is 16.6. The predicted molar refractivity (Wildman–Crippen MR) is 156 cm³/mol. The molecule has 1 fully saturated rings. The van der Waals surface area contributed by atoms with Crippen LogP contribution in [0.3, 0.4) is 0 Å². The summed E-state index contributed by atoms with van der Waals surface area (Å²) in [4.78, 5) is 2.84. The average molecular weight is 478 g/mol. The third kappa shape index (κ3) is 20.2. The van der Waals surface area contributed by atoms with Crippen molar-refractivity contribution < 1.29 is 0 Å². The number of hydrogen-bond acceptors (Lipinski definition) is 1. The molecule has 1 atom stereocenters. The van der Waals surface area contributed by atoms with Gasteiger partial charge in [-0.3, -0.25) is 0 Å². The molecule has 0 aromatic carbocycles. The summed E-state index contributed by atoms with van der Waals surface area (Å²) in [5.74, 6) is 0. The molecule has 0 aliphatic carbocycles. The van der Waals surface area contributed by atoms with E-state index in [0.29, 0.717) is 0 Å². The van der Waals surface area contributed by atoms with Crippen molar-refractivity contribution in [2.75, 3.05) is 13.1 Å². The van der Waals surface area contributed by atoms with Crippen LogP contribution in [0.5, 0.6) is 0 Å². The molecule has 0 N–H and O–H groups in total. The topological polar surface area (TPSA) is 3.24 Å². The van der Waals surface area contributed by atoms with Gasteiger partial charge < -0.3 is 4.90 Å². The number of nitrogens with zero attached hydrogens (tertiary/aromatic N) is 1. The number of piperidine rings is 1. The van der Waals surface area contributed by atoms with Crippen LogP contribution in [0.4, 0.5) is 0 Å². The monoisotopic (exact) mass is 478 g/mol. The Morgan fingerprint density at radius 3 is 1.09 bits per heavy atom. The molecule has 1 aliphatic heterocycles. The first-order chi connectivity index (χ1) is 16.9. The third-order valence-electron chi connectivity index (χ3n) is 8.44. The zero-order valence-corrected chi connectivity index (χ0v) is 24.2. The standard InChI is InChI=1S/C33H67N/c1-3-5-7-8-9-10-11-12-13-14-15-16-17-18-19-20-21-22-23-24-26-30-33(29-6-4-2)34-31-27-25-28-32-34/h33H,3-32H2,1-2H3. The number of rotatable bonds is 26. The quantitative estimate of drug-likeness (QED) is 0.112. The van der Waals surface area contributed by atoms with Crippen LogP contribution in [0.15, 0.2) is 0 Å². The van der Waals surface area contributed by atoms with Gasteiger partial charge in [0.25, 0.3) is 0 Å². The maximum atomic E-state index is 2.84. The first kappa shape index (κ1) is 32.0. The molecule has 0 spiro atoms. The van der Waals surface area contributed by atoms with Gasteiger partial charge in [-0.05, 0) is 38.8 Å². The van der Waals surface area contributed by atoms with Crippen LogP contribution in [-0.2, 0) is 0 Å². The van der Waals surface area contributed by atoms with E-state index >= 15 is 0 Å². The fourth-order valence-corrected chi connectivity index (χ4v) is 6.04. The van der Waals surface area contributed by atoms with Crippen LogP contribution in [0.25, 0.3) is 0 Å². The molecule has 1 heterocycles. The zero-order valence-electron chi connectivity index (χ0n) is 24.2. The molecule has 1 aliphatic rings. The van der Waals surface area contributed by atoms with E-state index in [-0.39, 0.29) is 0 Å². The van der Waals surface area contributed by atoms with Gasteiger partial charge in [-0.25, -0.2) is 0 Å². The maximum absolute atomic E-state index is 2.84. The molecule has 0 amide bonds. The summed E-state index contributed by atoms with van der Waals surface area (Å²) >= 11 is 0. The fraction of sp³-hybridized carbons (Fsp3) is 1.00. The Bertz CT molecular complexity index is 373. The van der Waals surface area contributed by atoms with Gasteiger partial charge in [0, 0.05) is 6.04 Å². The Kier molecular flexibility index (Phi) is 24.5. The van der Waals surface area contributed by atoms with E-state index < -0.39 is 0 Å². The molecule has 0 radical (unpaired) electrons. The van der Waals surface area contributed by atoms with E-state index in [1.54, 1.807) is 0 Å². The number of hydrogen-bond donors (Lipinski definition) is 0. The van der Waals surface area contributed by atoms with Crippen molar-refractivity contribution in [1.29, 1.82) is 0 Å². The van der Waals surface area contributed by atoms with Crippen molar-refractivity contribution in [3.05, 3.63) is 0 Å². The molecular formula is C33H67N. The van der Waals surface area contributed by atoms with Crippen LogP contribution < -0.4 is 0 Å². The molecule has 0 bridgehead atoms. The van der Waals surface area contributed by atoms with Gasteiger partial charge in [-0.2, -0.15) is 0 Å². The van der Waals surface area contributed by atoms with Gasteiger partial charge in [0.2, 0.25) is 0 Å². The second kappa shape index (κ2) is 26.0. The van der Waals surface area contributed by atoms with Crippen molar-refractivity contribution in [3.63, 3.8) is 0 Å². The molecule has 1 saturated heterocycles. The molecule has 1 nitrogen and oxygen atoms in total. The molecule has 0 saturated carbocycles. The lowest BCUT2D eigenvalue weighted by Gasteiger charge is -2.35. The first-order valence-electron chi connectivity index (χ1n) is 16.6. The maximum Gasteiger partial charge on any atom is 0.00952 e. The Morgan fingerprint density at radius 2 is 0.706 bits per heavy atom. The largest absolute Gasteiger partial charge is 0.300 e. The Labute approximate surface area is 217 Å². The van der Waals surface area contributed by atoms with Crippen LogP contribution >= 0.6 is 0 Å². The van der Waals surface area contributed by atoms with Gasteiger partial charge in [0.15, 0.2) is 0 Å². The second-order valence-electron chi connectivity index (χ2n) is 11.8. The molecule has 204 valence electrons. The van der Waals surface area contributed by atoms with Gasteiger partial charge in [-0.1, -0.05) is 168 Å². The normalized spacial score (nSPS) is 15.7. The molecule has 1 heteroatoms. The van der Waals surface area contributed by atoms with Gasteiger partial charge in [0.1, 0.15) is 0 Å². The summed E-state index contributed by atoms with van der Waals surface area (Å²) in [6.07, 6.45) is 41.2. The Morgan fingerprint density at radius 1 is 0.382 bits per heavy atom. The van der Waals surface area contributed by atoms with Gasteiger partial charge in [-0.15, -0.1) is 0 Å². The van der Waals surface area contributed by atoms with Crippen molar-refractivity contribution in [2.45, 2.75) is 200 Å². The highest BCUT2D eigenvalue weighted by atomic mass is 15.2. The smallest absolute Gasteiger partial charge is 0.00952 e. The zero-order chi connectivity index (χ0) is 24.4. The number of likely N-dealkylation sites (tertiary alicyclic amines) is 1. The summed E-state index contributed by atoms with van der Waals surface area (Å²) < 4.78 is 0. The van der Waals surface area contributed by atoms with E-state index in [0.717, 1.165) is 6.04 Å². The van der Waals surface area contributed by atoms with Crippen molar-refractivity contribution in [2.24, 2.45) is 0 Å². The van der Waals surface area contributed by atoms with Gasteiger partial charge in [0.05, 0.1) is 0 Å². The lowest BCUT2D eigenvalue weighted by atomic mass is 9.97. The van der Waals surface area contributed by atoms with E-state index in [2.05, 4.69) is 18.7 Å². The number of unbranched alkanes of at least 4 members (excludes halogenated alkanes) is 21. The van der Waals surface area contributed by atoms with E-state index in [1.165, 1.54) is 193 Å². The van der Waals surface area contributed by atoms with Crippen LogP contribution in [-0.4, -0.2) is 24.0 Å². The summed E-state index contributed by atoms with van der Waals surface area (Å²) in [6, 6.07) is 0.903. The molecule has 1 rings (SSSR count). The Balaban J connectivity index is 1.78. The minimum absolute atomic E-state index is 0.903. The predicted octanol–water partition coefficient (Wildman–Crippen LogP) is 11.6. The molecular weight excluding hydrogens is 410 g/mol. The highest BCUT2D eigenvalue weighted by molar-refractivity contribution is 4.75. The van der Waals surface area contributed by atoms with Crippen LogP contribution in [0, 0.1) is 0 Å². The molecule has 0 aromatic rings. The van der Waals surface area contributed by atoms with Crippen LogP contribution in [0.2, 0.25) is 0 Å². The summed E-state index contributed by atoms with van der Waals surface area (Å²) in [5, 5.41) is 0. The second-order valence-corrected chi connectivity index (χ2v) is 11.8. The third-order valence-corrected chi connectivity index (χ3v) is 8.44. The summed E-state index contributed by atoms with van der Waals surface area (Å²) in [6.45, 7) is 7.43. The lowest BCUT2D eigenvalue weighted by molar-refractivity contribution is 0.143. The average Bonchev–Trinajstić information content (AvgIpc) is 2.87. The summed E-state index contributed by atoms with van der Waals surface area (Å²) in [7, 11) is 0. The molecule has 0 aromatic heterocycles. The van der Waals surface area contributed by atoms with Crippen molar-refractivity contribution >= 4 is 0 Å². The van der Waals surface area contributed by atoms with E-state index in [4.69, 9.17) is 0 Å². The summed E-state index contributed by atoms with van der Waals surface area (Å²) in [5.41, 5.74) is 0. The lowest BCUT2D eigenvalue weighted by Crippen LogP contribution is -2.39. The van der Waals surface area contributed by atoms with Crippen molar-refractivity contribution in [1.82, 2.24) is 4.90 Å². The molecule has 34 heavy (non-hydrogen) atoms. The fourth-order valence-electron chi connectivity index (χ4n) is 6.04. The Hall–Kier alpha value is -0.0400. The van der Waals surface area contributed by atoms with Crippen molar-refractivity contribution in [3.8, 4) is 0 Å². The minimum Gasteiger partial charge on any atom is -0.300 e. The minimum atomic E-state index is 0.903. The van der Waals surface area contributed by atoms with Crippen LogP contribution in [0.1, 0.15) is 194 Å². The highest BCUT2D eigenvalue weighted by Crippen LogP contribution is 2.21. The van der Waals surface area contributed by atoms with E-state index in [1.807, 2.05) is 0 Å².